The van der Waals surface area contributed by atoms with Gasteiger partial charge in [0, 0.05) is 5.56 Å². The average molecular weight is 350 g/mol. The van der Waals surface area contributed by atoms with Crippen LogP contribution in [0.25, 0.3) is 0 Å². The molecule has 0 unspecified atom stereocenters. The van der Waals surface area contributed by atoms with E-state index in [1.165, 1.54) is 50.2 Å². The van der Waals surface area contributed by atoms with Gasteiger partial charge in [-0.1, -0.05) is 0 Å². The van der Waals surface area contributed by atoms with Crippen LogP contribution in [0.5, 0.6) is 0 Å². The Kier molecular flexibility index (Phi) is 4.70. The lowest BCUT2D eigenvalue weighted by Gasteiger charge is -2.05. The maximum absolute atomic E-state index is 13.6. The molecule has 0 aliphatic rings. The molecule has 0 aromatic heterocycles. The van der Waals surface area contributed by atoms with Crippen LogP contribution >= 0.6 is 0 Å². The molecule has 0 radical (unpaired) electrons. The highest BCUT2D eigenvalue weighted by Crippen LogP contribution is 2.16. The van der Waals surface area contributed by atoms with E-state index in [0.717, 1.165) is 0 Å². The molecule has 0 aliphatic carbocycles. The van der Waals surface area contributed by atoms with Crippen molar-refractivity contribution in [1.29, 1.82) is 0 Å². The first-order valence-corrected chi connectivity index (χ1v) is 8.42. The number of nitrogen functional groups attached to an aromatic ring is 1. The van der Waals surface area contributed by atoms with Gasteiger partial charge in [-0.2, -0.15) is 12.8 Å². The highest BCUT2D eigenvalue weighted by atomic mass is 32.2. The molecule has 24 heavy (non-hydrogen) atoms. The number of rotatable bonds is 4. The second-order valence-electron chi connectivity index (χ2n) is 5.33. The SMILES string of the molecule is Cc1cc(S(=O)(=O)[NH+]=C(N)c2ccc(C(N)=O)cc2)cc(C)c1F. The molecule has 0 saturated heterocycles. The molecule has 2 rings (SSSR count). The molecule has 1 amide bonds. The van der Waals surface area contributed by atoms with Crippen LogP contribution in [0, 0.1) is 19.7 Å². The number of hydrogen-bond acceptors (Lipinski definition) is 3. The number of amides is 1. The van der Waals surface area contributed by atoms with Crippen molar-refractivity contribution in [1.82, 2.24) is 0 Å². The van der Waals surface area contributed by atoms with Crippen molar-refractivity contribution in [3.05, 3.63) is 64.5 Å². The van der Waals surface area contributed by atoms with Gasteiger partial charge in [0.1, 0.15) is 10.7 Å². The summed E-state index contributed by atoms with van der Waals surface area (Å²) in [6.45, 7) is 2.97. The van der Waals surface area contributed by atoms with Crippen LogP contribution in [0.3, 0.4) is 0 Å². The second kappa shape index (κ2) is 6.40. The van der Waals surface area contributed by atoms with Gasteiger partial charge >= 0.3 is 10.0 Å². The standard InChI is InChI=1S/C16H16FN3O3S/c1-9-7-13(8-10(2)14(9)17)24(22,23)20-15(18)11-3-5-12(6-4-11)16(19)21/h3-8H,1-2H3,(H2,18,20)(H2,19,21)/p+1. The van der Waals surface area contributed by atoms with Crippen molar-refractivity contribution in [2.75, 3.05) is 0 Å². The lowest BCUT2D eigenvalue weighted by Crippen LogP contribution is -2.78. The second-order valence-corrected chi connectivity index (χ2v) is 7.01. The number of sulfonamides is 1. The fraction of sp³-hybridized carbons (Fsp3) is 0.125. The summed E-state index contributed by atoms with van der Waals surface area (Å²) in [5.74, 6) is -1.17. The molecule has 0 bridgehead atoms. The normalized spacial score (nSPS) is 12.2. The Morgan fingerprint density at radius 2 is 1.46 bits per heavy atom. The Morgan fingerprint density at radius 3 is 1.92 bits per heavy atom. The lowest BCUT2D eigenvalue weighted by atomic mass is 10.1. The number of amidine groups is 1. The molecule has 8 heteroatoms. The van der Waals surface area contributed by atoms with Crippen LogP contribution in [0.1, 0.15) is 27.0 Å². The summed E-state index contributed by atoms with van der Waals surface area (Å²) in [6, 6.07) is 8.27. The molecule has 2 aromatic carbocycles. The summed E-state index contributed by atoms with van der Waals surface area (Å²) in [7, 11) is -3.97. The third kappa shape index (κ3) is 3.60. The minimum absolute atomic E-state index is 0.0874. The van der Waals surface area contributed by atoms with E-state index in [1.807, 2.05) is 0 Å². The summed E-state index contributed by atoms with van der Waals surface area (Å²) >= 11 is 0. The zero-order valence-corrected chi connectivity index (χ0v) is 13.9. The van der Waals surface area contributed by atoms with Crippen molar-refractivity contribution in [3.8, 4) is 0 Å². The molecule has 2 aromatic rings. The first-order chi connectivity index (χ1) is 11.1. The van der Waals surface area contributed by atoms with E-state index in [4.69, 9.17) is 11.5 Å². The number of carbonyl (C=O) groups is 1. The monoisotopic (exact) mass is 350 g/mol. The number of carbonyl (C=O) groups excluding carboxylic acids is 1. The van der Waals surface area contributed by atoms with Crippen molar-refractivity contribution >= 4 is 21.8 Å². The highest BCUT2D eigenvalue weighted by Gasteiger charge is 2.20. The van der Waals surface area contributed by atoms with Gasteiger partial charge in [0.05, 0.1) is 5.56 Å². The van der Waals surface area contributed by atoms with Crippen LogP contribution in [-0.2, 0) is 10.0 Å². The van der Waals surface area contributed by atoms with E-state index in [1.54, 1.807) is 0 Å². The molecule has 0 atom stereocenters. The van der Waals surface area contributed by atoms with Crippen LogP contribution < -0.4 is 15.9 Å². The number of aryl methyl sites for hydroxylation is 2. The van der Waals surface area contributed by atoms with Crippen LogP contribution in [-0.4, -0.2) is 20.2 Å². The van der Waals surface area contributed by atoms with Crippen LogP contribution in [0.2, 0.25) is 0 Å². The van der Waals surface area contributed by atoms with Gasteiger partial charge in [-0.3, -0.25) is 10.5 Å². The molecule has 0 fully saturated rings. The minimum Gasteiger partial charge on any atom is -0.366 e. The van der Waals surface area contributed by atoms with E-state index in [9.17, 15) is 17.6 Å². The molecule has 5 N–H and O–H groups in total. The van der Waals surface area contributed by atoms with Crippen LogP contribution in [0.15, 0.2) is 41.3 Å². The predicted molar refractivity (Wildman–Crippen MR) is 87.3 cm³/mol. The fourth-order valence-corrected chi connectivity index (χ4v) is 3.33. The first-order valence-electron chi connectivity index (χ1n) is 6.94. The molecule has 0 aliphatic heterocycles. The van der Waals surface area contributed by atoms with E-state index in [2.05, 4.69) is 4.40 Å². The van der Waals surface area contributed by atoms with E-state index in [-0.39, 0.29) is 27.4 Å². The number of primary amides is 1. The van der Waals surface area contributed by atoms with Crippen molar-refractivity contribution in [2.24, 2.45) is 11.5 Å². The summed E-state index contributed by atoms with van der Waals surface area (Å²) in [5, 5.41) is 0. The van der Waals surface area contributed by atoms with Crippen molar-refractivity contribution < 1.29 is 22.0 Å². The van der Waals surface area contributed by atoms with Crippen molar-refractivity contribution in [2.45, 2.75) is 18.7 Å². The number of hydrogen-bond donors (Lipinski definition) is 3. The molecule has 0 saturated carbocycles. The average Bonchev–Trinajstić information content (AvgIpc) is 2.51. The zero-order chi connectivity index (χ0) is 18.1. The quantitative estimate of drug-likeness (QED) is 0.519. The summed E-state index contributed by atoms with van der Waals surface area (Å²) in [4.78, 5) is 10.9. The van der Waals surface area contributed by atoms with E-state index in [0.29, 0.717) is 5.56 Å². The van der Waals surface area contributed by atoms with Gasteiger partial charge in [0.25, 0.3) is 5.84 Å². The maximum atomic E-state index is 13.6. The van der Waals surface area contributed by atoms with Crippen LogP contribution in [0.4, 0.5) is 4.39 Å². The Hall–Kier alpha value is -2.74. The largest absolute Gasteiger partial charge is 0.366 e. The Morgan fingerprint density at radius 1 is 1.00 bits per heavy atom. The molecule has 0 heterocycles. The van der Waals surface area contributed by atoms with E-state index >= 15 is 0 Å². The first kappa shape index (κ1) is 17.6. The lowest BCUT2D eigenvalue weighted by molar-refractivity contribution is -0.268. The molecular weight excluding hydrogens is 333 g/mol. The number of nitrogens with one attached hydrogen (secondary N) is 1. The topological polar surface area (TPSA) is 117 Å². The summed E-state index contributed by atoms with van der Waals surface area (Å²) in [5.41, 5.74) is 12.0. The number of nitrogens with two attached hydrogens (primary N) is 2. The minimum atomic E-state index is -3.97. The van der Waals surface area contributed by atoms with Gasteiger partial charge in [0.2, 0.25) is 5.91 Å². The summed E-state index contributed by atoms with van der Waals surface area (Å²) in [6.07, 6.45) is 0. The maximum Gasteiger partial charge on any atom is 0.328 e. The molecule has 6 nitrogen and oxygen atoms in total. The summed E-state index contributed by atoms with van der Waals surface area (Å²) < 4.78 is 40.7. The van der Waals surface area contributed by atoms with Gasteiger partial charge in [-0.05, 0) is 61.4 Å². The number of benzene rings is 2. The smallest absolute Gasteiger partial charge is 0.328 e. The molecule has 0 spiro atoms. The zero-order valence-electron chi connectivity index (χ0n) is 13.1. The predicted octanol–water partition coefficient (Wildman–Crippen LogP) is -0.284. The van der Waals surface area contributed by atoms with E-state index < -0.39 is 21.7 Å². The Labute approximate surface area is 139 Å². The van der Waals surface area contributed by atoms with Crippen molar-refractivity contribution in [3.63, 3.8) is 0 Å². The third-order valence-electron chi connectivity index (χ3n) is 3.45. The molecule has 126 valence electrons. The third-order valence-corrected chi connectivity index (χ3v) is 4.79. The highest BCUT2D eigenvalue weighted by molar-refractivity contribution is 7.84. The van der Waals surface area contributed by atoms with Gasteiger partial charge in [0.15, 0.2) is 0 Å². The number of halogens is 1. The Balaban J connectivity index is 2.43. The van der Waals surface area contributed by atoms with Gasteiger partial charge in [-0.15, -0.1) is 0 Å². The van der Waals surface area contributed by atoms with Gasteiger partial charge < -0.3 is 5.73 Å². The van der Waals surface area contributed by atoms with Gasteiger partial charge in [-0.25, -0.2) is 4.39 Å². The molecular formula is C16H17FN3O3S+. The fourth-order valence-electron chi connectivity index (χ4n) is 2.14. The Bertz CT molecular complexity index is 913.